The molecule has 0 bridgehead atoms. The summed E-state index contributed by atoms with van der Waals surface area (Å²) in [5.41, 5.74) is 0.531. The number of nitrogens with zero attached hydrogens (tertiary/aromatic N) is 1. The molecule has 0 aromatic rings. The van der Waals surface area contributed by atoms with Crippen molar-refractivity contribution in [3.05, 3.63) is 0 Å². The highest BCUT2D eigenvalue weighted by Crippen LogP contribution is 2.29. The highest BCUT2D eigenvalue weighted by atomic mass is 15.1. The molecule has 0 spiro atoms. The summed E-state index contributed by atoms with van der Waals surface area (Å²) in [6.45, 7) is 9.71. The van der Waals surface area contributed by atoms with Gasteiger partial charge in [-0.15, -0.1) is 0 Å². The van der Waals surface area contributed by atoms with Crippen molar-refractivity contribution in [2.24, 2.45) is 11.3 Å². The maximum Gasteiger partial charge on any atom is 0.00296 e. The van der Waals surface area contributed by atoms with E-state index in [4.69, 9.17) is 0 Å². The molecule has 1 fully saturated rings. The van der Waals surface area contributed by atoms with Gasteiger partial charge in [0.05, 0.1) is 0 Å². The fraction of sp³-hybridized carbons (Fsp3) is 1.00. The van der Waals surface area contributed by atoms with Crippen LogP contribution in [0.4, 0.5) is 0 Å². The van der Waals surface area contributed by atoms with Gasteiger partial charge in [-0.05, 0) is 37.8 Å². The van der Waals surface area contributed by atoms with Crippen molar-refractivity contribution in [2.75, 3.05) is 20.1 Å². The van der Waals surface area contributed by atoms with Crippen LogP contribution in [0.5, 0.6) is 0 Å². The molecule has 0 N–H and O–H groups in total. The van der Waals surface area contributed by atoms with Crippen molar-refractivity contribution in [1.82, 2.24) is 4.90 Å². The summed E-state index contributed by atoms with van der Waals surface area (Å²) in [6.07, 6.45) is 4.19. The molecule has 1 aliphatic rings. The molecular weight excluding hydrogens is 146 g/mol. The van der Waals surface area contributed by atoms with Crippen LogP contribution in [-0.4, -0.2) is 25.0 Å². The number of rotatable bonds is 0. The molecule has 1 saturated heterocycles. The summed E-state index contributed by atoms with van der Waals surface area (Å²) < 4.78 is 0. The molecule has 0 amide bonds. The van der Waals surface area contributed by atoms with Crippen LogP contribution < -0.4 is 0 Å². The Balaban J connectivity index is 2.49. The predicted molar refractivity (Wildman–Crippen MR) is 54.3 cm³/mol. The highest BCUT2D eigenvalue weighted by Gasteiger charge is 2.23. The number of hydrogen-bond acceptors (Lipinski definition) is 1. The Hall–Kier alpha value is -0.0400. The van der Waals surface area contributed by atoms with Gasteiger partial charge < -0.3 is 4.90 Å². The van der Waals surface area contributed by atoms with Gasteiger partial charge >= 0.3 is 0 Å². The first kappa shape index (κ1) is 10.0. The van der Waals surface area contributed by atoms with Gasteiger partial charge in [0.25, 0.3) is 0 Å². The van der Waals surface area contributed by atoms with E-state index < -0.39 is 0 Å². The Kier molecular flexibility index (Phi) is 3.16. The summed E-state index contributed by atoms with van der Waals surface area (Å²) in [5.74, 6) is 0.923. The second kappa shape index (κ2) is 3.78. The standard InChI is InChI=1S/C11H23N/c1-10-5-7-11(2,3)9-12(4)8-6-10/h10H,5-9H2,1-4H3. The van der Waals surface area contributed by atoms with E-state index in [-0.39, 0.29) is 0 Å². The van der Waals surface area contributed by atoms with Gasteiger partial charge in [0.15, 0.2) is 0 Å². The zero-order valence-corrected chi connectivity index (χ0v) is 9.06. The minimum atomic E-state index is 0.531. The van der Waals surface area contributed by atoms with Crippen molar-refractivity contribution < 1.29 is 0 Å². The van der Waals surface area contributed by atoms with Crippen LogP contribution >= 0.6 is 0 Å². The van der Waals surface area contributed by atoms with Gasteiger partial charge in [-0.2, -0.15) is 0 Å². The van der Waals surface area contributed by atoms with Gasteiger partial charge in [-0.1, -0.05) is 27.2 Å². The molecule has 1 unspecified atom stereocenters. The summed E-state index contributed by atoms with van der Waals surface area (Å²) >= 11 is 0. The molecule has 0 aliphatic carbocycles. The van der Waals surface area contributed by atoms with E-state index in [0.29, 0.717) is 5.41 Å². The second-order valence-electron chi connectivity index (χ2n) is 5.33. The lowest BCUT2D eigenvalue weighted by atomic mass is 9.82. The average Bonchev–Trinajstić information content (AvgIpc) is 1.95. The molecule has 12 heavy (non-hydrogen) atoms. The first-order chi connectivity index (χ1) is 5.49. The first-order valence-corrected chi connectivity index (χ1v) is 5.18. The van der Waals surface area contributed by atoms with E-state index in [1.807, 2.05) is 0 Å². The van der Waals surface area contributed by atoms with E-state index in [2.05, 4.69) is 32.7 Å². The normalized spacial score (nSPS) is 32.5. The SMILES string of the molecule is CC1CCN(C)CC(C)(C)CC1. The van der Waals surface area contributed by atoms with Crippen molar-refractivity contribution in [3.63, 3.8) is 0 Å². The minimum absolute atomic E-state index is 0.531. The highest BCUT2D eigenvalue weighted by molar-refractivity contribution is 4.76. The molecule has 0 aromatic heterocycles. The zero-order chi connectivity index (χ0) is 9.19. The van der Waals surface area contributed by atoms with Crippen molar-refractivity contribution in [2.45, 2.75) is 40.0 Å². The Morgan fingerprint density at radius 1 is 1.25 bits per heavy atom. The summed E-state index contributed by atoms with van der Waals surface area (Å²) in [6, 6.07) is 0. The quantitative estimate of drug-likeness (QED) is 0.539. The fourth-order valence-corrected chi connectivity index (χ4v) is 2.11. The Bertz CT molecular complexity index is 140. The molecule has 1 nitrogen and oxygen atoms in total. The molecule has 1 heteroatoms. The molecule has 0 saturated carbocycles. The third-order valence-electron chi connectivity index (χ3n) is 3.02. The molecule has 1 atom stereocenters. The maximum atomic E-state index is 2.48. The first-order valence-electron chi connectivity index (χ1n) is 5.18. The molecule has 1 rings (SSSR count). The lowest BCUT2D eigenvalue weighted by Gasteiger charge is -2.34. The maximum absolute atomic E-state index is 2.48. The number of hydrogen-bond donors (Lipinski definition) is 0. The van der Waals surface area contributed by atoms with E-state index in [9.17, 15) is 0 Å². The van der Waals surface area contributed by atoms with E-state index >= 15 is 0 Å². The molecule has 0 radical (unpaired) electrons. The summed E-state index contributed by atoms with van der Waals surface area (Å²) in [5, 5.41) is 0. The van der Waals surface area contributed by atoms with Crippen molar-refractivity contribution >= 4 is 0 Å². The Morgan fingerprint density at radius 2 is 1.92 bits per heavy atom. The van der Waals surface area contributed by atoms with E-state index in [1.165, 1.54) is 32.4 Å². The Morgan fingerprint density at radius 3 is 2.58 bits per heavy atom. The topological polar surface area (TPSA) is 3.24 Å². The molecular formula is C11H23N. The van der Waals surface area contributed by atoms with Gasteiger partial charge in [0, 0.05) is 6.54 Å². The van der Waals surface area contributed by atoms with Crippen LogP contribution in [-0.2, 0) is 0 Å². The van der Waals surface area contributed by atoms with Crippen LogP contribution in [0.3, 0.4) is 0 Å². The smallest absolute Gasteiger partial charge is 0.00296 e. The van der Waals surface area contributed by atoms with Gasteiger partial charge in [0.1, 0.15) is 0 Å². The van der Waals surface area contributed by atoms with E-state index in [0.717, 1.165) is 5.92 Å². The van der Waals surface area contributed by atoms with Crippen LogP contribution in [0.15, 0.2) is 0 Å². The van der Waals surface area contributed by atoms with Crippen LogP contribution in [0.25, 0.3) is 0 Å². The van der Waals surface area contributed by atoms with Gasteiger partial charge in [-0.25, -0.2) is 0 Å². The molecule has 1 aliphatic heterocycles. The lowest BCUT2D eigenvalue weighted by molar-refractivity contribution is 0.154. The third kappa shape index (κ3) is 3.14. The summed E-state index contributed by atoms with van der Waals surface area (Å²) in [7, 11) is 2.25. The molecule has 1 heterocycles. The predicted octanol–water partition coefficient (Wildman–Crippen LogP) is 2.76. The van der Waals surface area contributed by atoms with Crippen molar-refractivity contribution in [1.29, 1.82) is 0 Å². The van der Waals surface area contributed by atoms with Gasteiger partial charge in [0.2, 0.25) is 0 Å². The van der Waals surface area contributed by atoms with Gasteiger partial charge in [-0.3, -0.25) is 0 Å². The summed E-state index contributed by atoms with van der Waals surface area (Å²) in [4.78, 5) is 2.48. The minimum Gasteiger partial charge on any atom is -0.306 e. The van der Waals surface area contributed by atoms with Crippen LogP contribution in [0.2, 0.25) is 0 Å². The van der Waals surface area contributed by atoms with Crippen LogP contribution in [0, 0.1) is 11.3 Å². The van der Waals surface area contributed by atoms with Crippen LogP contribution in [0.1, 0.15) is 40.0 Å². The van der Waals surface area contributed by atoms with E-state index in [1.54, 1.807) is 0 Å². The second-order valence-corrected chi connectivity index (χ2v) is 5.33. The van der Waals surface area contributed by atoms with Crippen molar-refractivity contribution in [3.8, 4) is 0 Å². The molecule has 0 aromatic carbocycles. The fourth-order valence-electron chi connectivity index (χ4n) is 2.11. The largest absolute Gasteiger partial charge is 0.306 e. The zero-order valence-electron chi connectivity index (χ0n) is 9.06. The third-order valence-corrected chi connectivity index (χ3v) is 3.02. The monoisotopic (exact) mass is 169 g/mol. The Labute approximate surface area is 77.1 Å². The lowest BCUT2D eigenvalue weighted by Crippen LogP contribution is -2.35. The average molecular weight is 169 g/mol. The number of likely N-dealkylation sites (tertiary alicyclic amines) is 1. The molecule has 72 valence electrons.